The van der Waals surface area contributed by atoms with Crippen LogP contribution in [0.3, 0.4) is 0 Å². The van der Waals surface area contributed by atoms with Gasteiger partial charge in [0.1, 0.15) is 5.60 Å². The van der Waals surface area contributed by atoms with Crippen LogP contribution in [-0.4, -0.2) is 11.6 Å². The third-order valence-electron chi connectivity index (χ3n) is 3.32. The highest BCUT2D eigenvalue weighted by atomic mass is 16.6. The molecule has 2 heteroatoms. The van der Waals surface area contributed by atoms with Crippen molar-refractivity contribution in [3.8, 4) is 0 Å². The first-order valence-electron chi connectivity index (χ1n) is 7.86. The highest BCUT2D eigenvalue weighted by molar-refractivity contribution is 5.87. The summed E-state index contributed by atoms with van der Waals surface area (Å²) in [6.45, 7) is 16.8. The molecule has 1 aromatic carbocycles. The minimum atomic E-state index is -0.365. The van der Waals surface area contributed by atoms with E-state index in [4.69, 9.17) is 4.74 Å². The predicted molar refractivity (Wildman–Crippen MR) is 95.8 cm³/mol. The molecule has 0 bridgehead atoms. The molecule has 0 aromatic heterocycles. The quantitative estimate of drug-likeness (QED) is 0.507. The molecule has 0 fully saturated rings. The number of esters is 1. The highest BCUT2D eigenvalue weighted by Gasteiger charge is 2.20. The molecule has 122 valence electrons. The summed E-state index contributed by atoms with van der Waals surface area (Å²) in [7, 11) is 0. The lowest BCUT2D eigenvalue weighted by Gasteiger charge is -2.23. The van der Waals surface area contributed by atoms with Gasteiger partial charge < -0.3 is 4.74 Å². The van der Waals surface area contributed by atoms with Gasteiger partial charge in [-0.1, -0.05) is 63.8 Å². The summed E-state index contributed by atoms with van der Waals surface area (Å²) in [5, 5.41) is 0. The number of hydrogen-bond acceptors (Lipinski definition) is 2. The second kappa shape index (κ2) is 9.99. The van der Waals surface area contributed by atoms with Crippen LogP contribution >= 0.6 is 0 Å². The van der Waals surface area contributed by atoms with Gasteiger partial charge >= 0.3 is 5.97 Å². The lowest BCUT2D eigenvalue weighted by molar-refractivity contribution is -0.151. The van der Waals surface area contributed by atoms with Crippen LogP contribution < -0.4 is 0 Å². The van der Waals surface area contributed by atoms with E-state index in [9.17, 15) is 4.79 Å². The normalized spacial score (nSPS) is 10.2. The van der Waals surface area contributed by atoms with E-state index in [1.165, 1.54) is 24.0 Å². The summed E-state index contributed by atoms with van der Waals surface area (Å²) in [5.74, 6) is -0.308. The van der Waals surface area contributed by atoms with Crippen molar-refractivity contribution in [1.82, 2.24) is 0 Å². The van der Waals surface area contributed by atoms with Crippen molar-refractivity contribution in [2.75, 3.05) is 0 Å². The van der Waals surface area contributed by atoms with Crippen LogP contribution in [0.4, 0.5) is 0 Å². The van der Waals surface area contributed by atoms with Gasteiger partial charge in [0.25, 0.3) is 0 Å². The van der Waals surface area contributed by atoms with Crippen molar-refractivity contribution in [2.45, 2.75) is 59.5 Å². The molecule has 0 atom stereocenters. The summed E-state index contributed by atoms with van der Waals surface area (Å²) in [6.07, 6.45) is 5.08. The first-order chi connectivity index (χ1) is 10.3. The minimum Gasteiger partial charge on any atom is -0.456 e. The van der Waals surface area contributed by atoms with E-state index in [1.807, 2.05) is 26.8 Å². The van der Waals surface area contributed by atoms with E-state index in [1.54, 1.807) is 6.92 Å². The second-order valence-electron chi connectivity index (χ2n) is 5.98. The lowest BCUT2D eigenvalue weighted by atomic mass is 10.1. The molecular formula is C20H30O2. The van der Waals surface area contributed by atoms with Crippen LogP contribution in [0.1, 0.15) is 58.6 Å². The summed E-state index contributed by atoms with van der Waals surface area (Å²) in [6, 6.07) is 8.55. The molecule has 22 heavy (non-hydrogen) atoms. The van der Waals surface area contributed by atoms with Gasteiger partial charge in [0.2, 0.25) is 0 Å². The Bertz CT molecular complexity index is 481. The molecule has 0 saturated heterocycles. The van der Waals surface area contributed by atoms with Crippen LogP contribution in [-0.2, 0) is 16.0 Å². The van der Waals surface area contributed by atoms with Gasteiger partial charge in [0.05, 0.1) is 0 Å². The van der Waals surface area contributed by atoms with Crippen molar-refractivity contribution in [3.63, 3.8) is 0 Å². The van der Waals surface area contributed by atoms with Crippen molar-refractivity contribution >= 4 is 12.0 Å². The average Bonchev–Trinajstić information content (AvgIpc) is 2.48. The van der Waals surface area contributed by atoms with Crippen molar-refractivity contribution in [3.05, 3.63) is 54.1 Å². The largest absolute Gasteiger partial charge is 0.456 e. The number of carbonyl (C=O) groups excluding carboxylic acids is 1. The zero-order valence-corrected chi connectivity index (χ0v) is 14.7. The molecule has 0 aliphatic rings. The van der Waals surface area contributed by atoms with E-state index in [0.29, 0.717) is 5.57 Å². The molecular weight excluding hydrogens is 272 g/mol. The maximum atomic E-state index is 11.0. The molecule has 0 heterocycles. The molecule has 1 rings (SSSR count). The predicted octanol–water partition coefficient (Wildman–Crippen LogP) is 5.58. The number of rotatable bonds is 6. The monoisotopic (exact) mass is 302 g/mol. The Morgan fingerprint density at radius 3 is 2.14 bits per heavy atom. The summed E-state index contributed by atoms with van der Waals surface area (Å²) in [4.78, 5) is 11.0. The fourth-order valence-corrected chi connectivity index (χ4v) is 1.52. The maximum absolute atomic E-state index is 11.0. The Balaban J connectivity index is 0.000000401. The Labute approximate surface area is 135 Å². The van der Waals surface area contributed by atoms with E-state index in [0.717, 1.165) is 6.42 Å². The Hall–Kier alpha value is -1.83. The average molecular weight is 302 g/mol. The highest BCUT2D eigenvalue weighted by Crippen LogP contribution is 2.15. The standard InChI is InChI=1S/C11H14.C9H16O2/c1-3-5-11-8-6-10(4-2)7-9-11;1-6-9(4,5)11-8(10)7(2)3/h4,6-9H,2-3,5H2,1H3;2,6H2,1,3-5H3. The Kier molecular flexibility index (Phi) is 9.16. The van der Waals surface area contributed by atoms with Gasteiger partial charge in [-0.3, -0.25) is 0 Å². The van der Waals surface area contributed by atoms with Gasteiger partial charge in [-0.2, -0.15) is 0 Å². The van der Waals surface area contributed by atoms with Crippen molar-refractivity contribution in [1.29, 1.82) is 0 Å². The summed E-state index contributed by atoms with van der Waals surface area (Å²) >= 11 is 0. The Morgan fingerprint density at radius 1 is 1.23 bits per heavy atom. The first kappa shape index (κ1) is 20.2. The smallest absolute Gasteiger partial charge is 0.333 e. The van der Waals surface area contributed by atoms with Gasteiger partial charge in [-0.05, 0) is 44.7 Å². The third-order valence-corrected chi connectivity index (χ3v) is 3.32. The third kappa shape index (κ3) is 8.46. The fourth-order valence-electron chi connectivity index (χ4n) is 1.52. The number of benzene rings is 1. The van der Waals surface area contributed by atoms with E-state index < -0.39 is 0 Å². The van der Waals surface area contributed by atoms with Crippen molar-refractivity contribution in [2.24, 2.45) is 0 Å². The van der Waals surface area contributed by atoms with Gasteiger partial charge in [0.15, 0.2) is 0 Å². The van der Waals surface area contributed by atoms with E-state index in [-0.39, 0.29) is 11.6 Å². The number of carbonyl (C=O) groups is 1. The van der Waals surface area contributed by atoms with E-state index in [2.05, 4.69) is 44.3 Å². The maximum Gasteiger partial charge on any atom is 0.333 e. The second-order valence-corrected chi connectivity index (χ2v) is 5.98. The first-order valence-corrected chi connectivity index (χ1v) is 7.86. The van der Waals surface area contributed by atoms with Crippen LogP contribution in [0.5, 0.6) is 0 Å². The molecule has 0 aliphatic carbocycles. The minimum absolute atomic E-state index is 0.308. The molecule has 0 aliphatic heterocycles. The molecule has 2 nitrogen and oxygen atoms in total. The lowest BCUT2D eigenvalue weighted by Crippen LogP contribution is -2.27. The van der Waals surface area contributed by atoms with Gasteiger partial charge in [0, 0.05) is 5.57 Å². The Morgan fingerprint density at radius 2 is 1.77 bits per heavy atom. The van der Waals surface area contributed by atoms with Gasteiger partial charge in [-0.15, -0.1) is 0 Å². The number of hydrogen-bond donors (Lipinski definition) is 0. The zero-order valence-electron chi connectivity index (χ0n) is 14.7. The number of aryl methyl sites for hydroxylation is 1. The fraction of sp³-hybridized carbons (Fsp3) is 0.450. The SMILES string of the molecule is C=C(C)C(=O)OC(C)(C)CC.C=Cc1ccc(CCC)cc1. The van der Waals surface area contributed by atoms with Crippen LogP contribution in [0, 0.1) is 0 Å². The molecule has 0 N–H and O–H groups in total. The number of ether oxygens (including phenoxy) is 1. The molecule has 0 spiro atoms. The van der Waals surface area contributed by atoms with Crippen LogP contribution in [0.25, 0.3) is 6.08 Å². The molecule has 0 unspecified atom stereocenters. The molecule has 0 radical (unpaired) electrons. The summed E-state index contributed by atoms with van der Waals surface area (Å²) < 4.78 is 5.11. The van der Waals surface area contributed by atoms with Crippen LogP contribution in [0.2, 0.25) is 0 Å². The van der Waals surface area contributed by atoms with Crippen molar-refractivity contribution < 1.29 is 9.53 Å². The topological polar surface area (TPSA) is 26.3 Å². The molecule has 1 aromatic rings. The summed E-state index contributed by atoms with van der Waals surface area (Å²) in [5.41, 5.74) is 2.70. The zero-order chi connectivity index (χ0) is 17.2. The van der Waals surface area contributed by atoms with E-state index >= 15 is 0 Å². The molecule has 0 amide bonds. The van der Waals surface area contributed by atoms with Crippen LogP contribution in [0.15, 0.2) is 43.0 Å². The van der Waals surface area contributed by atoms with Gasteiger partial charge in [-0.25, -0.2) is 4.79 Å². The molecule has 0 saturated carbocycles.